The molecule has 2 aromatic rings. The molecule has 2 rings (SSSR count). The van der Waals surface area contributed by atoms with Crippen molar-refractivity contribution in [3.05, 3.63) is 44.5 Å². The molecule has 128 valence electrons. The zero-order valence-electron chi connectivity index (χ0n) is 11.2. The van der Waals surface area contributed by atoms with Crippen LogP contribution in [-0.4, -0.2) is 35.8 Å². The maximum atomic E-state index is 11.4. The molecule has 24 heavy (non-hydrogen) atoms. The molecule has 0 atom stereocenters. The molecule has 0 bridgehead atoms. The van der Waals surface area contributed by atoms with Gasteiger partial charge in [-0.1, -0.05) is 6.07 Å². The van der Waals surface area contributed by atoms with Crippen molar-refractivity contribution in [2.45, 2.75) is 9.79 Å². The molecule has 12 nitrogen and oxygen atoms in total. The molecule has 2 aromatic carbocycles. The van der Waals surface area contributed by atoms with Gasteiger partial charge in [0.1, 0.15) is 4.90 Å². The lowest BCUT2D eigenvalue weighted by molar-refractivity contribution is -0.398. The normalized spacial score (nSPS) is 12.2. The number of benzene rings is 2. The van der Waals surface area contributed by atoms with Crippen LogP contribution in [0.3, 0.4) is 0 Å². The Morgan fingerprint density at radius 1 is 0.875 bits per heavy atom. The van der Waals surface area contributed by atoms with E-state index in [-0.39, 0.29) is 0 Å². The van der Waals surface area contributed by atoms with Crippen LogP contribution in [0, 0.1) is 20.2 Å². The quantitative estimate of drug-likeness (QED) is 0.442. The average Bonchev–Trinajstić information content (AvgIpc) is 2.41. The van der Waals surface area contributed by atoms with Gasteiger partial charge in [-0.05, 0) is 12.1 Å². The standard InChI is InChI=1S/C10H6N2O10S2/c13-11(14)7-4-6-5(2-1-3-8(6)23(17,18)19)9(12(15)16)10(7)24(20,21)22/h1-4H,(H,17,18,19)(H,20,21,22). The first-order valence-electron chi connectivity index (χ1n) is 5.69. The van der Waals surface area contributed by atoms with Gasteiger partial charge in [-0.15, -0.1) is 0 Å². The van der Waals surface area contributed by atoms with Crippen LogP contribution in [0.1, 0.15) is 0 Å². The SMILES string of the molecule is O=[N+]([O-])c1cc2c(S(=O)(=O)O)cccc2c([N+](=O)[O-])c1S(=O)(=O)O. The monoisotopic (exact) mass is 378 g/mol. The molecule has 2 N–H and O–H groups in total. The van der Waals surface area contributed by atoms with Crippen LogP contribution in [0.25, 0.3) is 10.8 Å². The third-order valence-corrected chi connectivity index (χ3v) is 4.80. The van der Waals surface area contributed by atoms with Gasteiger partial charge in [0.25, 0.3) is 15.8 Å². The Morgan fingerprint density at radius 2 is 1.46 bits per heavy atom. The highest BCUT2D eigenvalue weighted by molar-refractivity contribution is 7.86. The molecule has 0 heterocycles. The smallest absolute Gasteiger partial charge is 0.282 e. The first-order chi connectivity index (χ1) is 10.9. The van der Waals surface area contributed by atoms with E-state index in [2.05, 4.69) is 0 Å². The van der Waals surface area contributed by atoms with Gasteiger partial charge in [0.15, 0.2) is 0 Å². The molecule has 0 saturated carbocycles. The second-order valence-corrected chi connectivity index (χ2v) is 7.14. The minimum absolute atomic E-state index is 0.411. The van der Waals surface area contributed by atoms with Crippen molar-refractivity contribution in [3.8, 4) is 0 Å². The van der Waals surface area contributed by atoms with Gasteiger partial charge in [-0.3, -0.25) is 29.3 Å². The highest BCUT2D eigenvalue weighted by atomic mass is 32.2. The number of nitro benzene ring substituents is 2. The largest absolute Gasteiger partial charge is 0.308 e. The van der Waals surface area contributed by atoms with Gasteiger partial charge in [0.2, 0.25) is 4.90 Å². The Hall–Kier alpha value is -2.68. The molecule has 14 heteroatoms. The molecule has 0 amide bonds. The van der Waals surface area contributed by atoms with Crippen LogP contribution >= 0.6 is 0 Å². The van der Waals surface area contributed by atoms with Crippen molar-refractivity contribution >= 4 is 42.4 Å². The summed E-state index contributed by atoms with van der Waals surface area (Å²) < 4.78 is 63.7. The zero-order valence-corrected chi connectivity index (χ0v) is 12.8. The summed E-state index contributed by atoms with van der Waals surface area (Å²) in [6, 6.07) is 3.10. The summed E-state index contributed by atoms with van der Waals surface area (Å²) in [4.78, 5) is 17.1. The number of nitrogens with zero attached hydrogens (tertiary/aromatic N) is 2. The van der Waals surface area contributed by atoms with Crippen molar-refractivity contribution in [1.29, 1.82) is 0 Å². The second-order valence-electron chi connectivity index (χ2n) is 4.39. The highest BCUT2D eigenvalue weighted by Crippen LogP contribution is 2.41. The Morgan fingerprint density at radius 3 is 1.88 bits per heavy atom. The van der Waals surface area contributed by atoms with Crippen LogP contribution in [0.2, 0.25) is 0 Å². The molecule has 0 unspecified atom stereocenters. The van der Waals surface area contributed by atoms with Crippen molar-refractivity contribution in [2.24, 2.45) is 0 Å². The van der Waals surface area contributed by atoms with Crippen molar-refractivity contribution in [3.63, 3.8) is 0 Å². The zero-order chi connectivity index (χ0) is 18.4. The maximum absolute atomic E-state index is 11.4. The molecule has 0 radical (unpaired) electrons. The third-order valence-electron chi connectivity index (χ3n) is 2.97. The van der Waals surface area contributed by atoms with E-state index in [0.717, 1.165) is 18.2 Å². The lowest BCUT2D eigenvalue weighted by Gasteiger charge is -2.08. The molecule has 0 aliphatic carbocycles. The summed E-state index contributed by atoms with van der Waals surface area (Å²) in [5.74, 6) is 0. The van der Waals surface area contributed by atoms with Crippen molar-refractivity contribution < 1.29 is 35.8 Å². The molecule has 0 aromatic heterocycles. The fraction of sp³-hybridized carbons (Fsp3) is 0. The number of hydrogen-bond acceptors (Lipinski definition) is 8. The molecular weight excluding hydrogens is 372 g/mol. The lowest BCUT2D eigenvalue weighted by Crippen LogP contribution is -2.09. The topological polar surface area (TPSA) is 195 Å². The first kappa shape index (κ1) is 17.7. The molecule has 0 aliphatic heterocycles. The van der Waals surface area contributed by atoms with Crippen molar-refractivity contribution in [2.75, 3.05) is 0 Å². The summed E-state index contributed by atoms with van der Waals surface area (Å²) in [5.41, 5.74) is -2.79. The Balaban J connectivity index is 3.27. The minimum atomic E-state index is -5.39. The van der Waals surface area contributed by atoms with Gasteiger partial charge in [-0.2, -0.15) is 16.8 Å². The third kappa shape index (κ3) is 2.90. The van der Waals surface area contributed by atoms with E-state index in [0.29, 0.717) is 6.07 Å². The van der Waals surface area contributed by atoms with E-state index in [1.54, 1.807) is 0 Å². The number of nitro groups is 2. The predicted molar refractivity (Wildman–Crippen MR) is 76.9 cm³/mol. The number of rotatable bonds is 4. The maximum Gasteiger partial charge on any atom is 0.308 e. The van der Waals surface area contributed by atoms with Gasteiger partial charge in [0, 0.05) is 11.5 Å². The van der Waals surface area contributed by atoms with Crippen LogP contribution in [0.5, 0.6) is 0 Å². The van der Waals surface area contributed by atoms with Gasteiger partial charge in [0.05, 0.1) is 15.2 Å². The molecule has 0 saturated heterocycles. The highest BCUT2D eigenvalue weighted by Gasteiger charge is 2.38. The van der Waals surface area contributed by atoms with Crippen molar-refractivity contribution in [1.82, 2.24) is 0 Å². The summed E-state index contributed by atoms with van der Waals surface area (Å²) in [7, 11) is -10.3. The Labute approximate surface area is 133 Å². The first-order valence-corrected chi connectivity index (χ1v) is 8.57. The van der Waals surface area contributed by atoms with Gasteiger partial charge in [-0.25, -0.2) is 0 Å². The Kier molecular flexibility index (Phi) is 4.01. The second kappa shape index (κ2) is 5.45. The molecule has 0 aliphatic rings. The van der Waals surface area contributed by atoms with E-state index < -0.39 is 62.0 Å². The van der Waals surface area contributed by atoms with Gasteiger partial charge >= 0.3 is 15.8 Å². The number of hydrogen-bond donors (Lipinski definition) is 2. The summed E-state index contributed by atoms with van der Waals surface area (Å²) in [6.45, 7) is 0. The van der Waals surface area contributed by atoms with Crippen LogP contribution in [0.15, 0.2) is 34.1 Å². The van der Waals surface area contributed by atoms with E-state index >= 15 is 0 Å². The van der Waals surface area contributed by atoms with E-state index in [1.165, 1.54) is 0 Å². The van der Waals surface area contributed by atoms with Crippen LogP contribution in [-0.2, 0) is 20.2 Å². The molecular formula is C10H6N2O10S2. The Bertz CT molecular complexity index is 1100. The summed E-state index contributed by atoms with van der Waals surface area (Å²) in [6.07, 6.45) is 0. The summed E-state index contributed by atoms with van der Waals surface area (Å²) >= 11 is 0. The van der Waals surface area contributed by atoms with E-state index in [1.807, 2.05) is 0 Å². The summed E-state index contributed by atoms with van der Waals surface area (Å²) in [5, 5.41) is 21.0. The fourth-order valence-electron chi connectivity index (χ4n) is 2.14. The van der Waals surface area contributed by atoms with E-state index in [9.17, 15) is 37.1 Å². The fourth-order valence-corrected chi connectivity index (χ4v) is 3.67. The van der Waals surface area contributed by atoms with Crippen LogP contribution < -0.4 is 0 Å². The molecule has 0 fully saturated rings. The average molecular weight is 378 g/mol. The van der Waals surface area contributed by atoms with Crippen LogP contribution in [0.4, 0.5) is 11.4 Å². The van der Waals surface area contributed by atoms with Gasteiger partial charge < -0.3 is 0 Å². The lowest BCUT2D eigenvalue weighted by atomic mass is 10.1. The minimum Gasteiger partial charge on any atom is -0.282 e. The predicted octanol–water partition coefficient (Wildman–Crippen LogP) is 1.15. The number of fused-ring (bicyclic) bond motifs is 1. The van der Waals surface area contributed by atoms with E-state index in [4.69, 9.17) is 9.11 Å². The molecule has 0 spiro atoms.